The highest BCUT2D eigenvalue weighted by Gasteiger charge is 2.20. The van der Waals surface area contributed by atoms with Crippen molar-refractivity contribution in [2.45, 2.75) is 26.4 Å². The lowest BCUT2D eigenvalue weighted by atomic mass is 10.2. The van der Waals surface area contributed by atoms with E-state index in [2.05, 4.69) is 15.8 Å². The Morgan fingerprint density at radius 1 is 1.00 bits per heavy atom. The Labute approximate surface area is 215 Å². The average molecular weight is 524 g/mol. The van der Waals surface area contributed by atoms with Gasteiger partial charge in [0.05, 0.1) is 22.7 Å². The third kappa shape index (κ3) is 5.29. The predicted molar refractivity (Wildman–Crippen MR) is 138 cm³/mol. The second kappa shape index (κ2) is 10.7. The van der Waals surface area contributed by atoms with Crippen LogP contribution in [-0.4, -0.2) is 25.9 Å². The Kier molecular flexibility index (Phi) is 7.47. The van der Waals surface area contributed by atoms with Crippen LogP contribution in [-0.2, 0) is 6.54 Å². The molecule has 0 atom stereocenters. The number of hydrazine groups is 1. The summed E-state index contributed by atoms with van der Waals surface area (Å²) in [5.74, 6) is -1.25. The van der Waals surface area contributed by atoms with Crippen molar-refractivity contribution in [1.82, 2.24) is 25.0 Å². The van der Waals surface area contributed by atoms with Crippen molar-refractivity contribution in [3.8, 4) is 10.6 Å². The van der Waals surface area contributed by atoms with Gasteiger partial charge in [0.1, 0.15) is 10.7 Å². The van der Waals surface area contributed by atoms with Crippen molar-refractivity contribution in [2.24, 2.45) is 0 Å². The number of aromatic nitrogens is 3. The van der Waals surface area contributed by atoms with E-state index >= 15 is 0 Å². The summed E-state index contributed by atoms with van der Waals surface area (Å²) < 4.78 is 2.63. The van der Waals surface area contributed by atoms with Crippen LogP contribution in [0.15, 0.2) is 75.8 Å². The average Bonchev–Trinajstić information content (AvgIpc) is 3.36. The normalized spacial score (nSPS) is 10.9. The molecule has 2 amide bonds. The number of hydrogen-bond acceptors (Lipinski definition) is 6. The quantitative estimate of drug-likeness (QED) is 0.375. The molecule has 2 N–H and O–H groups in total. The van der Waals surface area contributed by atoms with Gasteiger partial charge >= 0.3 is 5.69 Å². The standard InChI is InChI=1S/C25H22ClN5O4S/c1-15(2)30-13-18(24(34)31(25(30)35)12-16-8-4-3-5-9-16)23-27-20(14-36-23)22(33)29-28-21(32)17-10-6-7-11-19(17)26/h3-11,13-15H,12H2,1-2H3,(H,28,32)(H,29,33). The van der Waals surface area contributed by atoms with Gasteiger partial charge in [0.25, 0.3) is 17.4 Å². The van der Waals surface area contributed by atoms with Crippen molar-refractivity contribution in [1.29, 1.82) is 0 Å². The van der Waals surface area contributed by atoms with Gasteiger partial charge in [-0.3, -0.25) is 34.4 Å². The maximum absolute atomic E-state index is 13.3. The largest absolute Gasteiger partial charge is 0.331 e. The van der Waals surface area contributed by atoms with Crippen LogP contribution in [0.25, 0.3) is 10.6 Å². The zero-order valence-electron chi connectivity index (χ0n) is 19.4. The fraction of sp³-hybridized carbons (Fsp3) is 0.160. The van der Waals surface area contributed by atoms with Crippen molar-refractivity contribution < 1.29 is 9.59 Å². The maximum atomic E-state index is 13.3. The Bertz CT molecular complexity index is 1540. The van der Waals surface area contributed by atoms with Crippen LogP contribution in [0.3, 0.4) is 0 Å². The lowest BCUT2D eigenvalue weighted by molar-refractivity contribution is 0.0844. The molecule has 0 aliphatic carbocycles. The lowest BCUT2D eigenvalue weighted by Gasteiger charge is -2.15. The van der Waals surface area contributed by atoms with Crippen molar-refractivity contribution in [3.63, 3.8) is 0 Å². The van der Waals surface area contributed by atoms with E-state index in [4.69, 9.17) is 11.6 Å². The molecule has 0 aliphatic rings. The minimum absolute atomic E-state index is 0.00534. The zero-order valence-corrected chi connectivity index (χ0v) is 21.0. The van der Waals surface area contributed by atoms with Gasteiger partial charge in [0, 0.05) is 17.6 Å². The summed E-state index contributed by atoms with van der Waals surface area (Å²) in [5, 5.41) is 1.99. The van der Waals surface area contributed by atoms with Gasteiger partial charge in [-0.05, 0) is 31.5 Å². The minimum Gasteiger partial charge on any atom is -0.297 e. The van der Waals surface area contributed by atoms with Crippen LogP contribution in [0.5, 0.6) is 0 Å². The molecule has 0 unspecified atom stereocenters. The summed E-state index contributed by atoms with van der Waals surface area (Å²) in [6.07, 6.45) is 1.47. The molecule has 0 aliphatic heterocycles. The molecule has 0 bridgehead atoms. The SMILES string of the molecule is CC(C)n1cc(-c2nc(C(=O)NNC(=O)c3ccccc3Cl)cs2)c(=O)n(Cc2ccccc2)c1=O. The molecule has 11 heteroatoms. The number of carbonyl (C=O) groups excluding carboxylic acids is 2. The molecule has 4 aromatic rings. The number of nitrogens with one attached hydrogen (secondary N) is 2. The topological polar surface area (TPSA) is 115 Å². The second-order valence-corrected chi connectivity index (χ2v) is 9.39. The Morgan fingerprint density at radius 2 is 1.67 bits per heavy atom. The van der Waals surface area contributed by atoms with Gasteiger partial charge in [-0.15, -0.1) is 11.3 Å². The number of hydrogen-bond donors (Lipinski definition) is 2. The lowest BCUT2D eigenvalue weighted by Crippen LogP contribution is -2.42. The van der Waals surface area contributed by atoms with Gasteiger partial charge in [-0.25, -0.2) is 9.78 Å². The van der Waals surface area contributed by atoms with Gasteiger partial charge in [-0.2, -0.15) is 0 Å². The molecule has 36 heavy (non-hydrogen) atoms. The molecule has 2 aromatic heterocycles. The molecule has 0 spiro atoms. The Balaban J connectivity index is 1.61. The van der Waals surface area contributed by atoms with Gasteiger partial charge in [-0.1, -0.05) is 54.1 Å². The molecule has 0 saturated heterocycles. The first-order valence-electron chi connectivity index (χ1n) is 11.0. The maximum Gasteiger partial charge on any atom is 0.331 e. The Hall–Kier alpha value is -4.02. The molecule has 9 nitrogen and oxygen atoms in total. The molecule has 0 fully saturated rings. The smallest absolute Gasteiger partial charge is 0.297 e. The number of carbonyl (C=O) groups is 2. The van der Waals surface area contributed by atoms with Crippen molar-refractivity contribution in [3.05, 3.63) is 109 Å². The number of rotatable bonds is 6. The van der Waals surface area contributed by atoms with E-state index in [1.165, 1.54) is 22.2 Å². The number of nitrogens with zero attached hydrogens (tertiary/aromatic N) is 3. The molecule has 184 valence electrons. The first-order valence-corrected chi connectivity index (χ1v) is 12.2. The third-order valence-corrected chi connectivity index (χ3v) is 6.52. The van der Waals surface area contributed by atoms with Crippen LogP contribution < -0.4 is 22.1 Å². The van der Waals surface area contributed by atoms with Crippen LogP contribution in [0.1, 0.15) is 46.3 Å². The van der Waals surface area contributed by atoms with Gasteiger partial charge in [0.15, 0.2) is 0 Å². The number of thiazole rings is 1. The van der Waals surface area contributed by atoms with E-state index in [1.54, 1.807) is 18.2 Å². The second-order valence-electron chi connectivity index (χ2n) is 8.13. The van der Waals surface area contributed by atoms with Crippen LogP contribution in [0.2, 0.25) is 5.02 Å². The molecular formula is C25H22ClN5O4S. The predicted octanol–water partition coefficient (Wildman–Crippen LogP) is 3.49. The summed E-state index contributed by atoms with van der Waals surface area (Å²) in [6.45, 7) is 3.78. The fourth-order valence-electron chi connectivity index (χ4n) is 3.44. The number of halogens is 1. The van der Waals surface area contributed by atoms with E-state index in [1.807, 2.05) is 44.2 Å². The van der Waals surface area contributed by atoms with Crippen LogP contribution in [0, 0.1) is 0 Å². The van der Waals surface area contributed by atoms with E-state index < -0.39 is 23.1 Å². The monoisotopic (exact) mass is 523 g/mol. The summed E-state index contributed by atoms with van der Waals surface area (Å²) >= 11 is 7.09. The number of benzene rings is 2. The molecule has 2 heterocycles. The van der Waals surface area contributed by atoms with E-state index in [0.29, 0.717) is 0 Å². The highest BCUT2D eigenvalue weighted by molar-refractivity contribution is 7.13. The van der Waals surface area contributed by atoms with E-state index in [9.17, 15) is 19.2 Å². The van der Waals surface area contributed by atoms with E-state index in [-0.39, 0.29) is 39.4 Å². The number of amides is 2. The van der Waals surface area contributed by atoms with Crippen LogP contribution in [0.4, 0.5) is 0 Å². The third-order valence-electron chi connectivity index (χ3n) is 5.31. The summed E-state index contributed by atoms with van der Waals surface area (Å²) in [4.78, 5) is 55.5. The fourth-order valence-corrected chi connectivity index (χ4v) is 4.46. The minimum atomic E-state index is -0.667. The van der Waals surface area contributed by atoms with Crippen molar-refractivity contribution in [2.75, 3.05) is 0 Å². The summed E-state index contributed by atoms with van der Waals surface area (Å²) in [6, 6.07) is 15.4. The molecule has 0 radical (unpaired) electrons. The highest BCUT2D eigenvalue weighted by Crippen LogP contribution is 2.21. The first-order chi connectivity index (χ1) is 17.3. The van der Waals surface area contributed by atoms with Gasteiger partial charge in [0.2, 0.25) is 0 Å². The highest BCUT2D eigenvalue weighted by atomic mass is 35.5. The molecule has 2 aromatic carbocycles. The Morgan fingerprint density at radius 3 is 2.36 bits per heavy atom. The summed E-state index contributed by atoms with van der Waals surface area (Å²) in [5.41, 5.74) is 4.86. The van der Waals surface area contributed by atoms with Gasteiger partial charge < -0.3 is 0 Å². The van der Waals surface area contributed by atoms with E-state index in [0.717, 1.165) is 21.5 Å². The first kappa shape index (κ1) is 25.1. The molecule has 0 saturated carbocycles. The van der Waals surface area contributed by atoms with Crippen molar-refractivity contribution >= 4 is 34.8 Å². The zero-order chi connectivity index (χ0) is 25.8. The molecular weight excluding hydrogens is 502 g/mol. The molecule has 4 rings (SSSR count). The van der Waals surface area contributed by atoms with Crippen LogP contribution >= 0.6 is 22.9 Å². The summed E-state index contributed by atoms with van der Waals surface area (Å²) in [7, 11) is 0.